The van der Waals surface area contributed by atoms with Crippen LogP contribution in [0.3, 0.4) is 0 Å². The molecule has 1 aromatic heterocycles. The molecule has 0 bridgehead atoms. The first kappa shape index (κ1) is 24.5. The van der Waals surface area contributed by atoms with E-state index in [1.165, 1.54) is 0 Å². The standard InChI is InChI=1S/C27H24N4O7/c1-34-24-14-20-21(15-25(24)35-2)28-10-9-22(20)38-19-6-3-17(4-7-19)30-27(33)31(29-16-32)18-5-8-23-26(13-18)37-12-11-36-23/h3-10,13-16H,11-12H2,1-2H3,(H,29,32)(H,30,33). The number of hydrogen-bond donors (Lipinski definition) is 2. The highest BCUT2D eigenvalue weighted by molar-refractivity contribution is 6.02. The molecule has 194 valence electrons. The van der Waals surface area contributed by atoms with Crippen molar-refractivity contribution in [2.24, 2.45) is 0 Å². The van der Waals surface area contributed by atoms with Crippen molar-refractivity contribution in [1.82, 2.24) is 10.4 Å². The lowest BCUT2D eigenvalue weighted by Crippen LogP contribution is -2.45. The SMILES string of the molecule is COc1cc2nccc(Oc3ccc(NC(=O)N(NC=O)c4ccc5c(c4)OCCO5)cc3)c2cc1OC. The van der Waals surface area contributed by atoms with Crippen LogP contribution in [0.2, 0.25) is 0 Å². The molecule has 0 saturated heterocycles. The zero-order valence-corrected chi connectivity index (χ0v) is 20.6. The molecule has 4 aromatic rings. The predicted molar refractivity (Wildman–Crippen MR) is 139 cm³/mol. The first-order valence-electron chi connectivity index (χ1n) is 11.6. The Kier molecular flexibility index (Phi) is 6.98. The van der Waals surface area contributed by atoms with Gasteiger partial charge in [0.2, 0.25) is 6.41 Å². The smallest absolute Gasteiger partial charge is 0.345 e. The zero-order valence-electron chi connectivity index (χ0n) is 20.6. The number of benzene rings is 3. The van der Waals surface area contributed by atoms with E-state index in [1.54, 1.807) is 81.1 Å². The second-order valence-electron chi connectivity index (χ2n) is 8.00. The molecular weight excluding hydrogens is 492 g/mol. The van der Waals surface area contributed by atoms with Crippen LogP contribution >= 0.6 is 0 Å². The third kappa shape index (κ3) is 5.03. The number of nitrogens with one attached hydrogen (secondary N) is 2. The molecule has 0 saturated carbocycles. The molecule has 38 heavy (non-hydrogen) atoms. The second-order valence-corrected chi connectivity index (χ2v) is 8.00. The van der Waals surface area contributed by atoms with E-state index in [-0.39, 0.29) is 0 Å². The van der Waals surface area contributed by atoms with Crippen LogP contribution in [0.4, 0.5) is 16.2 Å². The molecule has 3 amide bonds. The molecule has 0 unspecified atom stereocenters. The number of rotatable bonds is 8. The minimum Gasteiger partial charge on any atom is -0.493 e. The average molecular weight is 517 g/mol. The Morgan fingerprint density at radius 3 is 2.39 bits per heavy atom. The number of hydrazine groups is 1. The largest absolute Gasteiger partial charge is 0.493 e. The summed E-state index contributed by atoms with van der Waals surface area (Å²) in [6.45, 7) is 0.846. The van der Waals surface area contributed by atoms with Crippen molar-refractivity contribution in [2.75, 3.05) is 37.8 Å². The van der Waals surface area contributed by atoms with Gasteiger partial charge in [0, 0.05) is 29.4 Å². The Bertz CT molecular complexity index is 1480. The van der Waals surface area contributed by atoms with Gasteiger partial charge in [0.1, 0.15) is 24.7 Å². The summed E-state index contributed by atoms with van der Waals surface area (Å²) in [6, 6.07) is 16.5. The summed E-state index contributed by atoms with van der Waals surface area (Å²) in [5.74, 6) is 3.30. The summed E-state index contributed by atoms with van der Waals surface area (Å²) < 4.78 is 27.9. The molecule has 1 aliphatic heterocycles. The molecule has 0 fully saturated rings. The molecule has 2 heterocycles. The fourth-order valence-electron chi connectivity index (χ4n) is 3.92. The van der Waals surface area contributed by atoms with Gasteiger partial charge < -0.3 is 29.0 Å². The van der Waals surface area contributed by atoms with E-state index in [9.17, 15) is 9.59 Å². The number of methoxy groups -OCH3 is 2. The summed E-state index contributed by atoms with van der Waals surface area (Å²) in [6.07, 6.45) is 2.06. The maximum Gasteiger partial charge on any atom is 0.345 e. The van der Waals surface area contributed by atoms with Gasteiger partial charge in [-0.3, -0.25) is 15.2 Å². The van der Waals surface area contributed by atoms with E-state index in [4.69, 9.17) is 23.7 Å². The first-order valence-corrected chi connectivity index (χ1v) is 11.6. The van der Waals surface area contributed by atoms with Crippen LogP contribution in [0.1, 0.15) is 0 Å². The molecule has 0 atom stereocenters. The van der Waals surface area contributed by atoms with E-state index in [0.717, 1.165) is 10.4 Å². The van der Waals surface area contributed by atoms with Gasteiger partial charge in [-0.2, -0.15) is 0 Å². The van der Waals surface area contributed by atoms with Gasteiger partial charge in [-0.15, -0.1) is 0 Å². The number of aromatic nitrogens is 1. The summed E-state index contributed by atoms with van der Waals surface area (Å²) in [7, 11) is 3.13. The molecule has 0 aliphatic carbocycles. The van der Waals surface area contributed by atoms with Crippen LogP contribution in [-0.2, 0) is 4.79 Å². The summed E-state index contributed by atoms with van der Waals surface area (Å²) in [5, 5.41) is 4.57. The van der Waals surface area contributed by atoms with Gasteiger partial charge in [-0.25, -0.2) is 9.80 Å². The fraction of sp³-hybridized carbons (Fsp3) is 0.148. The van der Waals surface area contributed by atoms with Crippen molar-refractivity contribution < 1.29 is 33.3 Å². The van der Waals surface area contributed by atoms with E-state index >= 15 is 0 Å². The predicted octanol–water partition coefficient (Wildman–Crippen LogP) is 4.52. The number of amides is 3. The number of urea groups is 1. The van der Waals surface area contributed by atoms with Crippen LogP contribution in [0.25, 0.3) is 10.9 Å². The Labute approximate surface area is 217 Å². The van der Waals surface area contributed by atoms with Gasteiger partial charge in [-0.1, -0.05) is 0 Å². The molecule has 0 radical (unpaired) electrons. The average Bonchev–Trinajstić information content (AvgIpc) is 2.96. The molecular formula is C27H24N4O7. The van der Waals surface area contributed by atoms with Gasteiger partial charge >= 0.3 is 6.03 Å². The maximum absolute atomic E-state index is 13.0. The molecule has 0 spiro atoms. The number of carbonyl (C=O) groups excluding carboxylic acids is 2. The minimum absolute atomic E-state index is 0.398. The lowest BCUT2D eigenvalue weighted by molar-refractivity contribution is -0.109. The van der Waals surface area contributed by atoms with Crippen LogP contribution in [0.15, 0.2) is 66.9 Å². The molecule has 11 heteroatoms. The van der Waals surface area contributed by atoms with Crippen LogP contribution in [0.5, 0.6) is 34.5 Å². The second kappa shape index (κ2) is 10.8. The van der Waals surface area contributed by atoms with Gasteiger partial charge in [-0.05, 0) is 48.5 Å². The highest BCUT2D eigenvalue weighted by atomic mass is 16.6. The molecule has 1 aliphatic rings. The lowest BCUT2D eigenvalue weighted by atomic mass is 10.2. The molecule has 11 nitrogen and oxygen atoms in total. The normalized spacial score (nSPS) is 11.8. The summed E-state index contributed by atoms with van der Waals surface area (Å²) in [5.41, 5.74) is 3.97. The van der Waals surface area contributed by atoms with Crippen molar-refractivity contribution in [3.8, 4) is 34.5 Å². The molecule has 5 rings (SSSR count). The van der Waals surface area contributed by atoms with Crippen molar-refractivity contribution >= 4 is 34.7 Å². The summed E-state index contributed by atoms with van der Waals surface area (Å²) >= 11 is 0. The number of anilines is 2. The number of carbonyl (C=O) groups is 2. The number of pyridine rings is 1. The molecule has 2 N–H and O–H groups in total. The van der Waals surface area contributed by atoms with Gasteiger partial charge in [0.25, 0.3) is 0 Å². The number of nitrogens with zero attached hydrogens (tertiary/aromatic N) is 2. The Morgan fingerprint density at radius 1 is 0.921 bits per heavy atom. The van der Waals surface area contributed by atoms with Crippen molar-refractivity contribution in [3.63, 3.8) is 0 Å². The Balaban J connectivity index is 1.32. The topological polar surface area (TPSA) is 120 Å². The first-order chi connectivity index (χ1) is 18.6. The Morgan fingerprint density at radius 2 is 1.66 bits per heavy atom. The van der Waals surface area contributed by atoms with E-state index in [0.29, 0.717) is 71.0 Å². The lowest BCUT2D eigenvalue weighted by Gasteiger charge is -2.24. The number of fused-ring (bicyclic) bond motifs is 2. The van der Waals surface area contributed by atoms with Crippen LogP contribution < -0.4 is 39.4 Å². The van der Waals surface area contributed by atoms with Crippen molar-refractivity contribution in [3.05, 3.63) is 66.9 Å². The number of ether oxygens (including phenoxy) is 5. The quantitative estimate of drug-likeness (QED) is 0.259. The summed E-state index contributed by atoms with van der Waals surface area (Å²) in [4.78, 5) is 28.5. The van der Waals surface area contributed by atoms with E-state index in [2.05, 4.69) is 15.7 Å². The molecule has 3 aromatic carbocycles. The monoisotopic (exact) mass is 516 g/mol. The van der Waals surface area contributed by atoms with Crippen LogP contribution in [0, 0.1) is 0 Å². The number of hydrogen-bond acceptors (Lipinski definition) is 8. The zero-order chi connectivity index (χ0) is 26.5. The highest BCUT2D eigenvalue weighted by Gasteiger charge is 2.20. The van der Waals surface area contributed by atoms with Crippen molar-refractivity contribution in [1.29, 1.82) is 0 Å². The maximum atomic E-state index is 13.0. The van der Waals surface area contributed by atoms with Crippen molar-refractivity contribution in [2.45, 2.75) is 0 Å². The van der Waals surface area contributed by atoms with Crippen LogP contribution in [-0.4, -0.2) is 44.9 Å². The fourth-order valence-corrected chi connectivity index (χ4v) is 3.92. The highest BCUT2D eigenvalue weighted by Crippen LogP contribution is 2.37. The van der Waals surface area contributed by atoms with E-state index < -0.39 is 6.03 Å². The van der Waals surface area contributed by atoms with Gasteiger partial charge in [0.05, 0.1) is 25.4 Å². The Hall–Kier alpha value is -5.19. The minimum atomic E-state index is -0.580. The third-order valence-corrected chi connectivity index (χ3v) is 5.71. The third-order valence-electron chi connectivity index (χ3n) is 5.71. The van der Waals surface area contributed by atoms with E-state index in [1.807, 2.05) is 0 Å². The van der Waals surface area contributed by atoms with Gasteiger partial charge in [0.15, 0.2) is 23.0 Å².